The van der Waals surface area contributed by atoms with Crippen molar-refractivity contribution in [1.82, 2.24) is 9.88 Å². The first-order valence-electron chi connectivity index (χ1n) is 10.5. The molecule has 2 aliphatic rings. The largest absolute Gasteiger partial charge is 0.478 e. The summed E-state index contributed by atoms with van der Waals surface area (Å²) in [5.74, 6) is -0.142. The third-order valence-electron chi connectivity index (χ3n) is 5.59. The van der Waals surface area contributed by atoms with Crippen molar-refractivity contribution in [3.05, 3.63) is 47.5 Å². The fourth-order valence-electron chi connectivity index (χ4n) is 3.89. The second-order valence-electron chi connectivity index (χ2n) is 7.83. The lowest BCUT2D eigenvalue weighted by atomic mass is 10.1. The third kappa shape index (κ3) is 4.95. The monoisotopic (exact) mass is 425 g/mol. The zero-order valence-electron chi connectivity index (χ0n) is 17.3. The number of carbonyl (C=O) groups is 2. The number of benzene rings is 1. The Bertz CT molecular complexity index is 943. The van der Waals surface area contributed by atoms with Crippen LogP contribution in [0.2, 0.25) is 0 Å². The molecule has 1 aromatic heterocycles. The Morgan fingerprint density at radius 2 is 1.84 bits per heavy atom. The second kappa shape index (κ2) is 9.32. The van der Waals surface area contributed by atoms with Gasteiger partial charge in [-0.05, 0) is 49.2 Å². The van der Waals surface area contributed by atoms with E-state index in [1.54, 1.807) is 41.3 Å². The number of nitrogens with two attached hydrogens (primary N) is 1. The predicted octanol–water partition coefficient (Wildman–Crippen LogP) is 1.92. The Balaban J connectivity index is 1.52. The third-order valence-corrected chi connectivity index (χ3v) is 5.59. The number of piperidine rings is 1. The van der Waals surface area contributed by atoms with E-state index in [0.717, 1.165) is 19.4 Å². The summed E-state index contributed by atoms with van der Waals surface area (Å²) in [5.41, 5.74) is 7.39. The number of amides is 1. The van der Waals surface area contributed by atoms with Crippen molar-refractivity contribution in [2.24, 2.45) is 5.73 Å². The number of ether oxygens (including phenoxy) is 1. The van der Waals surface area contributed by atoms with E-state index < -0.39 is 5.97 Å². The Labute approximate surface area is 180 Å². The molecule has 0 spiro atoms. The molecule has 0 radical (unpaired) electrons. The lowest BCUT2D eigenvalue weighted by Gasteiger charge is -2.32. The van der Waals surface area contributed by atoms with Gasteiger partial charge < -0.3 is 30.7 Å². The van der Waals surface area contributed by atoms with Crippen LogP contribution in [0.15, 0.2) is 36.4 Å². The summed E-state index contributed by atoms with van der Waals surface area (Å²) in [6.45, 7) is 3.79. The zero-order valence-corrected chi connectivity index (χ0v) is 17.3. The SMILES string of the molecule is N[C@@H]1CCCN(c2ccc(C(=O)O)c(Nc3ccc(C(=O)N4CCOCC4)cc3)n2)C1. The highest BCUT2D eigenvalue weighted by molar-refractivity contribution is 5.96. The van der Waals surface area contributed by atoms with Crippen molar-refractivity contribution in [1.29, 1.82) is 0 Å². The molecule has 9 heteroatoms. The van der Waals surface area contributed by atoms with Crippen LogP contribution in [0.25, 0.3) is 0 Å². The van der Waals surface area contributed by atoms with Crippen molar-refractivity contribution < 1.29 is 19.4 Å². The molecule has 0 saturated carbocycles. The van der Waals surface area contributed by atoms with Gasteiger partial charge in [0.05, 0.1) is 13.2 Å². The molecule has 1 amide bonds. The Morgan fingerprint density at radius 3 is 2.52 bits per heavy atom. The van der Waals surface area contributed by atoms with E-state index in [1.165, 1.54) is 0 Å². The van der Waals surface area contributed by atoms with E-state index in [-0.39, 0.29) is 23.3 Å². The Kier molecular flexibility index (Phi) is 6.34. The molecule has 3 heterocycles. The first-order chi connectivity index (χ1) is 15.0. The van der Waals surface area contributed by atoms with Gasteiger partial charge in [-0.15, -0.1) is 0 Å². The van der Waals surface area contributed by atoms with Gasteiger partial charge in [-0.1, -0.05) is 0 Å². The van der Waals surface area contributed by atoms with Crippen molar-refractivity contribution in [2.45, 2.75) is 18.9 Å². The van der Waals surface area contributed by atoms with Crippen LogP contribution >= 0.6 is 0 Å². The molecule has 0 unspecified atom stereocenters. The van der Waals surface area contributed by atoms with E-state index in [9.17, 15) is 14.7 Å². The van der Waals surface area contributed by atoms with Gasteiger partial charge in [0.1, 0.15) is 17.2 Å². The summed E-state index contributed by atoms with van der Waals surface area (Å²) in [6.07, 6.45) is 1.95. The summed E-state index contributed by atoms with van der Waals surface area (Å²) >= 11 is 0. The normalized spacial score (nSPS) is 19.2. The lowest BCUT2D eigenvalue weighted by Crippen LogP contribution is -2.43. The predicted molar refractivity (Wildman–Crippen MR) is 117 cm³/mol. The quantitative estimate of drug-likeness (QED) is 0.664. The molecule has 31 heavy (non-hydrogen) atoms. The summed E-state index contributed by atoms with van der Waals surface area (Å²) in [7, 11) is 0. The van der Waals surface area contributed by atoms with Crippen LogP contribution in [0, 0.1) is 0 Å². The van der Waals surface area contributed by atoms with Crippen molar-refractivity contribution >= 4 is 29.2 Å². The highest BCUT2D eigenvalue weighted by Crippen LogP contribution is 2.25. The molecule has 9 nitrogen and oxygen atoms in total. The van der Waals surface area contributed by atoms with Gasteiger partial charge in [0, 0.05) is 43.5 Å². The molecule has 0 bridgehead atoms. The maximum absolute atomic E-state index is 12.6. The minimum absolute atomic E-state index is 0.0392. The molecule has 1 aromatic carbocycles. The van der Waals surface area contributed by atoms with E-state index in [1.807, 2.05) is 0 Å². The van der Waals surface area contributed by atoms with E-state index in [4.69, 9.17) is 10.5 Å². The molecular formula is C22H27N5O4. The number of aromatic carboxylic acids is 1. The Hall–Kier alpha value is -3.17. The molecule has 2 aliphatic heterocycles. The highest BCUT2D eigenvalue weighted by atomic mass is 16.5. The fraction of sp³-hybridized carbons (Fsp3) is 0.409. The number of nitrogens with zero attached hydrogens (tertiary/aromatic N) is 3. The lowest BCUT2D eigenvalue weighted by molar-refractivity contribution is 0.0303. The first kappa shape index (κ1) is 21.1. The van der Waals surface area contributed by atoms with E-state index >= 15 is 0 Å². The van der Waals surface area contributed by atoms with Gasteiger partial charge in [0.15, 0.2) is 0 Å². The van der Waals surface area contributed by atoms with E-state index in [0.29, 0.717) is 49.9 Å². The van der Waals surface area contributed by atoms with Crippen molar-refractivity contribution in [2.75, 3.05) is 49.6 Å². The number of carboxylic acid groups (broad SMARTS) is 1. The maximum atomic E-state index is 12.6. The minimum atomic E-state index is -1.06. The van der Waals surface area contributed by atoms with Crippen molar-refractivity contribution in [3.8, 4) is 0 Å². The molecule has 2 fully saturated rings. The summed E-state index contributed by atoms with van der Waals surface area (Å²) in [5, 5.41) is 12.7. The zero-order chi connectivity index (χ0) is 21.8. The van der Waals surface area contributed by atoms with Crippen LogP contribution in [0.5, 0.6) is 0 Å². The van der Waals surface area contributed by atoms with Crippen LogP contribution < -0.4 is 16.0 Å². The number of hydrogen-bond donors (Lipinski definition) is 3. The average Bonchev–Trinajstić information content (AvgIpc) is 2.79. The average molecular weight is 425 g/mol. The molecule has 2 saturated heterocycles. The van der Waals surface area contributed by atoms with Gasteiger partial charge in [-0.2, -0.15) is 0 Å². The number of morpholine rings is 1. The molecule has 2 aromatic rings. The number of carboxylic acids is 1. The topological polar surface area (TPSA) is 121 Å². The van der Waals surface area contributed by atoms with Gasteiger partial charge in [0.25, 0.3) is 5.91 Å². The van der Waals surface area contributed by atoms with Crippen LogP contribution in [-0.2, 0) is 4.74 Å². The number of pyridine rings is 1. The molecule has 1 atom stereocenters. The summed E-state index contributed by atoms with van der Waals surface area (Å²) in [4.78, 5) is 32.7. The molecular weight excluding hydrogens is 398 g/mol. The number of nitrogens with one attached hydrogen (secondary N) is 1. The van der Waals surface area contributed by atoms with Crippen molar-refractivity contribution in [3.63, 3.8) is 0 Å². The van der Waals surface area contributed by atoms with Gasteiger partial charge >= 0.3 is 5.97 Å². The van der Waals surface area contributed by atoms with Gasteiger partial charge in [-0.3, -0.25) is 4.79 Å². The molecule has 164 valence electrons. The van der Waals surface area contributed by atoms with Gasteiger partial charge in [-0.25, -0.2) is 9.78 Å². The highest BCUT2D eigenvalue weighted by Gasteiger charge is 2.21. The second-order valence-corrected chi connectivity index (χ2v) is 7.83. The van der Waals surface area contributed by atoms with Crippen LogP contribution in [0.3, 0.4) is 0 Å². The Morgan fingerprint density at radius 1 is 1.10 bits per heavy atom. The van der Waals surface area contributed by atoms with E-state index in [2.05, 4.69) is 15.2 Å². The number of rotatable bonds is 5. The molecule has 0 aliphatic carbocycles. The number of anilines is 3. The molecule has 4 N–H and O–H groups in total. The smallest absolute Gasteiger partial charge is 0.339 e. The van der Waals surface area contributed by atoms with Gasteiger partial charge in [0.2, 0.25) is 0 Å². The number of carbonyl (C=O) groups excluding carboxylic acids is 1. The summed E-state index contributed by atoms with van der Waals surface area (Å²) in [6, 6.07) is 10.3. The van der Waals surface area contributed by atoms with Crippen LogP contribution in [0.4, 0.5) is 17.3 Å². The number of aromatic nitrogens is 1. The summed E-state index contributed by atoms with van der Waals surface area (Å²) < 4.78 is 5.29. The first-order valence-corrected chi connectivity index (χ1v) is 10.5. The standard InChI is InChI=1S/C22H27N5O4/c23-16-2-1-9-27(14-16)19-8-7-18(22(29)30)20(25-19)24-17-5-3-15(4-6-17)21(28)26-10-12-31-13-11-26/h3-8,16H,1-2,9-14,23H2,(H,24,25)(H,29,30)/t16-/m1/s1. The van der Waals surface area contributed by atoms with Crippen LogP contribution in [-0.4, -0.2) is 72.3 Å². The fourth-order valence-corrected chi connectivity index (χ4v) is 3.89. The minimum Gasteiger partial charge on any atom is -0.478 e. The van der Waals surface area contributed by atoms with Crippen LogP contribution in [0.1, 0.15) is 33.6 Å². The number of hydrogen-bond acceptors (Lipinski definition) is 7. The molecule has 4 rings (SSSR count). The maximum Gasteiger partial charge on any atom is 0.339 e.